The zero-order valence-electron chi connectivity index (χ0n) is 8.97. The molecule has 0 amide bonds. The Balaban J connectivity index is 2.42. The summed E-state index contributed by atoms with van der Waals surface area (Å²) in [4.78, 5) is 2.57. The van der Waals surface area contributed by atoms with Crippen molar-refractivity contribution in [3.05, 3.63) is 60.2 Å². The van der Waals surface area contributed by atoms with Crippen LogP contribution in [0.2, 0.25) is 0 Å². The summed E-state index contributed by atoms with van der Waals surface area (Å²) in [6, 6.07) is 18.8. The molecule has 0 aliphatic rings. The van der Waals surface area contributed by atoms with Gasteiger partial charge < -0.3 is 0 Å². The molecule has 0 aliphatic heterocycles. The van der Waals surface area contributed by atoms with Gasteiger partial charge >= 0.3 is 0 Å². The van der Waals surface area contributed by atoms with E-state index in [9.17, 15) is 0 Å². The summed E-state index contributed by atoms with van der Waals surface area (Å²) < 4.78 is 0. The maximum absolute atomic E-state index is 4.36. The number of rotatable bonds is 3. The van der Waals surface area contributed by atoms with E-state index in [1.807, 2.05) is 6.07 Å². The van der Waals surface area contributed by atoms with E-state index in [1.54, 1.807) is 0 Å². The lowest BCUT2D eigenvalue weighted by atomic mass is 10.2. The molecule has 0 nitrogen and oxygen atoms in total. The van der Waals surface area contributed by atoms with E-state index in [1.165, 1.54) is 15.4 Å². The molecule has 16 heavy (non-hydrogen) atoms. The highest BCUT2D eigenvalue weighted by molar-refractivity contribution is 8.14. The molecule has 2 aromatic rings. The summed E-state index contributed by atoms with van der Waals surface area (Å²) in [5.41, 5.74) is 1.27. The van der Waals surface area contributed by atoms with Crippen molar-refractivity contribution in [1.82, 2.24) is 0 Å². The Kier molecular flexibility index (Phi) is 3.86. The van der Waals surface area contributed by atoms with Gasteiger partial charge in [-0.2, -0.15) is 12.6 Å². The number of hydrogen-bond acceptors (Lipinski definition) is 1. The van der Waals surface area contributed by atoms with Gasteiger partial charge in [0.25, 0.3) is 0 Å². The van der Waals surface area contributed by atoms with Crippen molar-refractivity contribution >= 4 is 29.0 Å². The summed E-state index contributed by atoms with van der Waals surface area (Å²) in [5, 5.41) is 0. The van der Waals surface area contributed by atoms with Crippen molar-refractivity contribution in [2.24, 2.45) is 0 Å². The molecule has 2 heteroatoms. The minimum atomic E-state index is -0.107. The number of benzene rings is 2. The maximum Gasteiger partial charge on any atom is 0.0165 e. The van der Waals surface area contributed by atoms with Gasteiger partial charge in [-0.15, -0.1) is 10.5 Å². The highest BCUT2D eigenvalue weighted by Crippen LogP contribution is 2.36. The fraction of sp³-hybridized carbons (Fsp3) is 0.0714. The second kappa shape index (κ2) is 5.37. The Morgan fingerprint density at radius 3 is 2.25 bits per heavy atom. The van der Waals surface area contributed by atoms with Gasteiger partial charge in [-0.1, -0.05) is 42.3 Å². The van der Waals surface area contributed by atoms with Gasteiger partial charge in [-0.25, -0.2) is 0 Å². The third-order valence-electron chi connectivity index (χ3n) is 2.44. The molecule has 1 atom stereocenters. The van der Waals surface area contributed by atoms with Crippen molar-refractivity contribution in [1.29, 1.82) is 0 Å². The quantitative estimate of drug-likeness (QED) is 0.608. The van der Waals surface area contributed by atoms with Crippen LogP contribution in [-0.2, 0) is 5.75 Å². The molecule has 0 aliphatic carbocycles. The number of hydrogen-bond donors (Lipinski definition) is 1. The Labute approximate surface area is 105 Å². The minimum Gasteiger partial charge on any atom is -0.175 e. The Morgan fingerprint density at radius 2 is 1.56 bits per heavy atom. The minimum absolute atomic E-state index is 0.107. The molecule has 0 saturated heterocycles. The standard InChI is InChI=1S/C14H14S2/c1-16(13-8-3-2-4-9-13)14-10-6-5-7-12(14)11-15/h2-10,15H,1,11H2. The second-order valence-electron chi connectivity index (χ2n) is 3.47. The molecule has 0 saturated carbocycles. The average molecular weight is 246 g/mol. The SMILES string of the molecule is C=S(c1ccccc1)c1ccccc1CS. The van der Waals surface area contributed by atoms with Crippen LogP contribution in [0.5, 0.6) is 0 Å². The van der Waals surface area contributed by atoms with Crippen LogP contribution in [0, 0.1) is 0 Å². The molecule has 2 aromatic carbocycles. The first-order valence-electron chi connectivity index (χ1n) is 5.10. The van der Waals surface area contributed by atoms with E-state index >= 15 is 0 Å². The van der Waals surface area contributed by atoms with E-state index in [0.29, 0.717) is 0 Å². The summed E-state index contributed by atoms with van der Waals surface area (Å²) in [6.45, 7) is 0. The third kappa shape index (κ3) is 2.39. The molecule has 0 bridgehead atoms. The molecule has 0 N–H and O–H groups in total. The first-order chi connectivity index (χ1) is 7.83. The molecule has 2 rings (SSSR count). The van der Waals surface area contributed by atoms with Crippen molar-refractivity contribution in [3.8, 4) is 0 Å². The zero-order valence-corrected chi connectivity index (χ0v) is 10.7. The lowest BCUT2D eigenvalue weighted by Gasteiger charge is -2.11. The lowest BCUT2D eigenvalue weighted by molar-refractivity contribution is 1.27. The summed E-state index contributed by atoms with van der Waals surface area (Å²) >= 11 is 4.36. The summed E-state index contributed by atoms with van der Waals surface area (Å²) in [6.07, 6.45) is 0. The molecule has 0 spiro atoms. The van der Waals surface area contributed by atoms with E-state index in [-0.39, 0.29) is 10.5 Å². The molecular weight excluding hydrogens is 232 g/mol. The molecule has 0 aromatic heterocycles. The Bertz CT molecular complexity index is 489. The number of thiol groups is 1. The van der Waals surface area contributed by atoms with Gasteiger partial charge in [0.1, 0.15) is 0 Å². The van der Waals surface area contributed by atoms with E-state index < -0.39 is 0 Å². The van der Waals surface area contributed by atoms with Crippen molar-refractivity contribution in [2.45, 2.75) is 15.5 Å². The Hall–Kier alpha value is -0.990. The highest BCUT2D eigenvalue weighted by atomic mass is 32.2. The summed E-state index contributed by atoms with van der Waals surface area (Å²) in [5.74, 6) is 5.05. The van der Waals surface area contributed by atoms with Crippen LogP contribution in [0.4, 0.5) is 0 Å². The van der Waals surface area contributed by atoms with Gasteiger partial charge in [0, 0.05) is 15.5 Å². The van der Waals surface area contributed by atoms with Crippen LogP contribution in [0.15, 0.2) is 64.4 Å². The van der Waals surface area contributed by atoms with Crippen LogP contribution < -0.4 is 0 Å². The predicted molar refractivity (Wildman–Crippen MR) is 76.8 cm³/mol. The largest absolute Gasteiger partial charge is 0.175 e. The maximum atomic E-state index is 4.36. The van der Waals surface area contributed by atoms with Gasteiger partial charge in [-0.3, -0.25) is 0 Å². The van der Waals surface area contributed by atoms with Crippen molar-refractivity contribution < 1.29 is 0 Å². The van der Waals surface area contributed by atoms with Crippen LogP contribution in [0.1, 0.15) is 5.56 Å². The fourth-order valence-electron chi connectivity index (χ4n) is 1.59. The van der Waals surface area contributed by atoms with Crippen molar-refractivity contribution in [3.63, 3.8) is 0 Å². The van der Waals surface area contributed by atoms with E-state index in [2.05, 4.69) is 67.0 Å². The van der Waals surface area contributed by atoms with Crippen molar-refractivity contribution in [2.75, 3.05) is 0 Å². The first kappa shape index (κ1) is 11.5. The zero-order chi connectivity index (χ0) is 11.4. The van der Waals surface area contributed by atoms with Crippen LogP contribution in [-0.4, -0.2) is 5.87 Å². The summed E-state index contributed by atoms with van der Waals surface area (Å²) in [7, 11) is -0.107. The molecule has 0 fully saturated rings. The molecular formula is C14H14S2. The van der Waals surface area contributed by atoms with Gasteiger partial charge in [0.05, 0.1) is 0 Å². The molecule has 0 heterocycles. The molecule has 82 valence electrons. The lowest BCUT2D eigenvalue weighted by Crippen LogP contribution is -1.85. The van der Waals surface area contributed by atoms with Crippen LogP contribution in [0.25, 0.3) is 0 Å². The average Bonchev–Trinajstić information content (AvgIpc) is 2.39. The second-order valence-corrected chi connectivity index (χ2v) is 5.48. The van der Waals surface area contributed by atoms with Crippen LogP contribution >= 0.6 is 23.1 Å². The third-order valence-corrected chi connectivity index (χ3v) is 4.55. The van der Waals surface area contributed by atoms with E-state index in [4.69, 9.17) is 0 Å². The highest BCUT2D eigenvalue weighted by Gasteiger charge is 2.04. The van der Waals surface area contributed by atoms with Gasteiger partial charge in [0.2, 0.25) is 0 Å². The predicted octanol–water partition coefficient (Wildman–Crippen LogP) is 4.24. The normalized spacial score (nSPS) is 12.3. The van der Waals surface area contributed by atoms with Crippen LogP contribution in [0.3, 0.4) is 0 Å². The van der Waals surface area contributed by atoms with Gasteiger partial charge in [0.15, 0.2) is 0 Å². The topological polar surface area (TPSA) is 0 Å². The van der Waals surface area contributed by atoms with E-state index in [0.717, 1.165) is 5.75 Å². The smallest absolute Gasteiger partial charge is 0.0165 e. The van der Waals surface area contributed by atoms with Gasteiger partial charge in [-0.05, 0) is 23.8 Å². The first-order valence-corrected chi connectivity index (χ1v) is 7.13. The fourth-order valence-corrected chi connectivity index (χ4v) is 3.41. The molecule has 0 radical (unpaired) electrons. The Morgan fingerprint density at radius 1 is 0.938 bits per heavy atom. The molecule has 1 unspecified atom stereocenters. The monoisotopic (exact) mass is 246 g/mol.